The van der Waals surface area contributed by atoms with Crippen molar-refractivity contribution in [2.24, 2.45) is 0 Å². The number of nitrogens with zero attached hydrogens (tertiary/aromatic N) is 1. The van der Waals surface area contributed by atoms with Gasteiger partial charge in [0.1, 0.15) is 5.01 Å². The molecule has 0 aliphatic heterocycles. The molecule has 4 rings (SSSR count). The standard InChI is InChI=1S/C20H11Cl3N2OS/c21-11-5-8-15(22)14(9-11)19(26)24-12-6-7-13(16(23)10-12)20-25-17-3-1-2-4-18(17)27-20/h1-10H,(H,24,26). The number of para-hydroxylation sites is 1. The molecule has 0 aliphatic rings. The van der Waals surface area contributed by atoms with Crippen molar-refractivity contribution in [1.82, 2.24) is 4.98 Å². The van der Waals surface area contributed by atoms with Crippen molar-refractivity contribution in [3.8, 4) is 10.6 Å². The number of anilines is 1. The van der Waals surface area contributed by atoms with Crippen LogP contribution in [0.3, 0.4) is 0 Å². The van der Waals surface area contributed by atoms with Crippen LogP contribution in [0.4, 0.5) is 5.69 Å². The summed E-state index contributed by atoms with van der Waals surface area (Å²) >= 11 is 20.0. The summed E-state index contributed by atoms with van der Waals surface area (Å²) in [7, 11) is 0. The monoisotopic (exact) mass is 432 g/mol. The van der Waals surface area contributed by atoms with Gasteiger partial charge in [-0.05, 0) is 48.5 Å². The van der Waals surface area contributed by atoms with Crippen molar-refractivity contribution >= 4 is 68.0 Å². The van der Waals surface area contributed by atoms with E-state index in [1.807, 2.05) is 30.3 Å². The Labute approximate surface area is 174 Å². The van der Waals surface area contributed by atoms with Crippen LogP contribution in [-0.4, -0.2) is 10.9 Å². The van der Waals surface area contributed by atoms with Gasteiger partial charge in [-0.1, -0.05) is 46.9 Å². The summed E-state index contributed by atoms with van der Waals surface area (Å²) in [5, 5.41) is 4.89. The number of thiazole rings is 1. The molecular formula is C20H11Cl3N2OS. The lowest BCUT2D eigenvalue weighted by molar-refractivity contribution is 0.102. The van der Waals surface area contributed by atoms with Crippen LogP contribution in [0.1, 0.15) is 10.4 Å². The normalized spacial score (nSPS) is 10.9. The first kappa shape index (κ1) is 18.3. The molecule has 0 unspecified atom stereocenters. The second-order valence-electron chi connectivity index (χ2n) is 5.76. The molecule has 1 heterocycles. The Morgan fingerprint density at radius 2 is 1.74 bits per heavy atom. The van der Waals surface area contributed by atoms with Crippen LogP contribution in [0.2, 0.25) is 15.1 Å². The molecule has 3 aromatic carbocycles. The van der Waals surface area contributed by atoms with Gasteiger partial charge in [0.2, 0.25) is 0 Å². The van der Waals surface area contributed by atoms with E-state index in [0.29, 0.717) is 26.3 Å². The quantitative estimate of drug-likeness (QED) is 0.372. The minimum absolute atomic E-state index is 0.301. The Hall–Kier alpha value is -2.11. The number of fused-ring (bicyclic) bond motifs is 1. The Morgan fingerprint density at radius 1 is 0.926 bits per heavy atom. The van der Waals surface area contributed by atoms with E-state index in [2.05, 4.69) is 10.3 Å². The van der Waals surface area contributed by atoms with Gasteiger partial charge in [0.15, 0.2) is 0 Å². The Morgan fingerprint density at radius 3 is 2.52 bits per heavy atom. The highest BCUT2D eigenvalue weighted by molar-refractivity contribution is 7.21. The van der Waals surface area contributed by atoms with Gasteiger partial charge in [0.25, 0.3) is 5.91 Å². The van der Waals surface area contributed by atoms with Gasteiger partial charge in [-0.3, -0.25) is 4.79 Å². The van der Waals surface area contributed by atoms with Crippen LogP contribution in [0.5, 0.6) is 0 Å². The Balaban J connectivity index is 1.61. The zero-order valence-electron chi connectivity index (χ0n) is 13.7. The average Bonchev–Trinajstić information content (AvgIpc) is 3.07. The van der Waals surface area contributed by atoms with Gasteiger partial charge in [-0.15, -0.1) is 11.3 Å². The molecule has 0 atom stereocenters. The summed E-state index contributed by atoms with van der Waals surface area (Å²) in [5.41, 5.74) is 2.61. The van der Waals surface area contributed by atoms with Crippen LogP contribution in [-0.2, 0) is 0 Å². The molecule has 7 heteroatoms. The van der Waals surface area contributed by atoms with Crippen molar-refractivity contribution in [2.45, 2.75) is 0 Å². The summed E-state index contributed by atoms with van der Waals surface area (Å²) in [6.45, 7) is 0. The lowest BCUT2D eigenvalue weighted by Gasteiger charge is -2.09. The molecule has 1 N–H and O–H groups in total. The van der Waals surface area contributed by atoms with Crippen molar-refractivity contribution < 1.29 is 4.79 Å². The number of benzene rings is 3. The third-order valence-corrected chi connectivity index (χ3v) is 5.87. The molecular weight excluding hydrogens is 423 g/mol. The second kappa shape index (κ2) is 7.49. The van der Waals surface area contributed by atoms with E-state index in [-0.39, 0.29) is 5.91 Å². The van der Waals surface area contributed by atoms with Crippen LogP contribution in [0, 0.1) is 0 Å². The highest BCUT2D eigenvalue weighted by atomic mass is 35.5. The van der Waals surface area contributed by atoms with E-state index in [4.69, 9.17) is 34.8 Å². The number of carbonyl (C=O) groups is 1. The van der Waals surface area contributed by atoms with Crippen LogP contribution >= 0.6 is 46.1 Å². The van der Waals surface area contributed by atoms with Crippen molar-refractivity contribution in [3.63, 3.8) is 0 Å². The molecule has 1 aromatic heterocycles. The van der Waals surface area contributed by atoms with Gasteiger partial charge in [-0.2, -0.15) is 0 Å². The lowest BCUT2D eigenvalue weighted by Crippen LogP contribution is -2.12. The zero-order chi connectivity index (χ0) is 19.0. The van der Waals surface area contributed by atoms with Gasteiger partial charge < -0.3 is 5.32 Å². The molecule has 1 amide bonds. The number of nitrogens with one attached hydrogen (secondary N) is 1. The minimum Gasteiger partial charge on any atom is -0.322 e. The molecule has 0 saturated carbocycles. The van der Waals surface area contributed by atoms with Gasteiger partial charge >= 0.3 is 0 Å². The highest BCUT2D eigenvalue weighted by Crippen LogP contribution is 2.35. The largest absolute Gasteiger partial charge is 0.322 e. The van der Waals surface area contributed by atoms with Gasteiger partial charge in [0, 0.05) is 16.3 Å². The molecule has 134 valence electrons. The van der Waals surface area contributed by atoms with Gasteiger partial charge in [-0.25, -0.2) is 4.98 Å². The highest BCUT2D eigenvalue weighted by Gasteiger charge is 2.14. The average molecular weight is 434 g/mol. The number of hydrogen-bond donors (Lipinski definition) is 1. The van der Waals surface area contributed by atoms with E-state index in [1.165, 1.54) is 6.07 Å². The van der Waals surface area contributed by atoms with Crippen molar-refractivity contribution in [1.29, 1.82) is 0 Å². The lowest BCUT2D eigenvalue weighted by atomic mass is 10.2. The molecule has 0 radical (unpaired) electrons. The Bertz CT molecular complexity index is 1140. The van der Waals surface area contributed by atoms with Crippen LogP contribution in [0.25, 0.3) is 20.8 Å². The topological polar surface area (TPSA) is 42.0 Å². The van der Waals surface area contributed by atoms with Gasteiger partial charge in [0.05, 0.1) is 25.8 Å². The fraction of sp³-hybridized carbons (Fsp3) is 0. The molecule has 0 fully saturated rings. The number of halogens is 3. The maximum Gasteiger partial charge on any atom is 0.257 e. The van der Waals surface area contributed by atoms with E-state index in [0.717, 1.165) is 20.8 Å². The third-order valence-electron chi connectivity index (χ3n) is 3.92. The first-order valence-corrected chi connectivity index (χ1v) is 9.88. The summed E-state index contributed by atoms with van der Waals surface area (Å²) in [6, 6.07) is 18.0. The number of amides is 1. The molecule has 0 spiro atoms. The van der Waals surface area contributed by atoms with Crippen LogP contribution < -0.4 is 5.32 Å². The molecule has 27 heavy (non-hydrogen) atoms. The zero-order valence-corrected chi connectivity index (χ0v) is 16.8. The minimum atomic E-state index is -0.355. The fourth-order valence-electron chi connectivity index (χ4n) is 2.62. The smallest absolute Gasteiger partial charge is 0.257 e. The Kier molecular flexibility index (Phi) is 5.06. The summed E-state index contributed by atoms with van der Waals surface area (Å²) in [6.07, 6.45) is 0. The number of aromatic nitrogens is 1. The van der Waals surface area contributed by atoms with Crippen molar-refractivity contribution in [2.75, 3.05) is 5.32 Å². The number of rotatable bonds is 3. The summed E-state index contributed by atoms with van der Waals surface area (Å²) < 4.78 is 1.09. The third kappa shape index (κ3) is 3.80. The first-order valence-electron chi connectivity index (χ1n) is 7.93. The van der Waals surface area contributed by atoms with Crippen LogP contribution in [0.15, 0.2) is 60.7 Å². The predicted molar refractivity (Wildman–Crippen MR) is 114 cm³/mol. The molecule has 4 aromatic rings. The maximum atomic E-state index is 12.5. The maximum absolute atomic E-state index is 12.5. The predicted octanol–water partition coefficient (Wildman–Crippen LogP) is 7.18. The number of carbonyl (C=O) groups excluding carboxylic acids is 1. The summed E-state index contributed by atoms with van der Waals surface area (Å²) in [4.78, 5) is 17.1. The second-order valence-corrected chi connectivity index (χ2v) is 8.04. The molecule has 3 nitrogen and oxygen atoms in total. The van der Waals surface area contributed by atoms with E-state index >= 15 is 0 Å². The van der Waals surface area contributed by atoms with E-state index in [1.54, 1.807) is 35.6 Å². The fourth-order valence-corrected chi connectivity index (χ4v) is 4.33. The first-order chi connectivity index (χ1) is 13.0. The molecule has 0 aliphatic carbocycles. The van der Waals surface area contributed by atoms with E-state index < -0.39 is 0 Å². The van der Waals surface area contributed by atoms with Crippen molar-refractivity contribution in [3.05, 3.63) is 81.3 Å². The summed E-state index contributed by atoms with van der Waals surface area (Å²) in [5.74, 6) is -0.355. The molecule has 0 bridgehead atoms. The van der Waals surface area contributed by atoms with E-state index in [9.17, 15) is 4.79 Å². The molecule has 0 saturated heterocycles. The number of hydrogen-bond acceptors (Lipinski definition) is 3. The SMILES string of the molecule is O=C(Nc1ccc(-c2nc3ccccc3s2)c(Cl)c1)c1cc(Cl)ccc1Cl.